The second kappa shape index (κ2) is 9.39. The third kappa shape index (κ3) is 9.09. The van der Waals surface area contributed by atoms with Crippen LogP contribution in [0.3, 0.4) is 0 Å². The van der Waals surface area contributed by atoms with Crippen LogP contribution in [0.5, 0.6) is 0 Å². The second-order valence-electron chi connectivity index (χ2n) is 4.39. The van der Waals surface area contributed by atoms with E-state index in [1.807, 2.05) is 27.7 Å². The van der Waals surface area contributed by atoms with E-state index in [9.17, 15) is 4.79 Å². The molecule has 0 fully saturated rings. The lowest BCUT2D eigenvalue weighted by molar-refractivity contribution is -0.145. The summed E-state index contributed by atoms with van der Waals surface area (Å²) in [6, 6.07) is -0.214. The van der Waals surface area contributed by atoms with Gasteiger partial charge in [-0.3, -0.25) is 4.79 Å². The standard InChI is InChI=1S/C12H25NO4/c1-9(2)13-11(12(14)15-5)8-16-6-7-17-10(3)4/h9-11,13H,6-8H2,1-5H3. The molecular formula is C12H25NO4. The molecule has 0 spiro atoms. The van der Waals surface area contributed by atoms with E-state index < -0.39 is 6.04 Å². The molecular weight excluding hydrogens is 222 g/mol. The number of ether oxygens (including phenoxy) is 3. The SMILES string of the molecule is COC(=O)C(COCCOC(C)C)NC(C)C. The number of rotatable bonds is 9. The summed E-state index contributed by atoms with van der Waals surface area (Å²) in [5.74, 6) is -0.302. The number of methoxy groups -OCH3 is 1. The van der Waals surface area contributed by atoms with Crippen molar-refractivity contribution in [1.82, 2.24) is 5.32 Å². The summed E-state index contributed by atoms with van der Waals surface area (Å²) >= 11 is 0. The number of nitrogens with one attached hydrogen (secondary N) is 1. The van der Waals surface area contributed by atoms with Crippen molar-refractivity contribution in [2.75, 3.05) is 26.9 Å². The van der Waals surface area contributed by atoms with Gasteiger partial charge in [0.1, 0.15) is 6.04 Å². The number of esters is 1. The molecule has 0 aromatic rings. The molecule has 1 unspecified atom stereocenters. The summed E-state index contributed by atoms with van der Waals surface area (Å²) in [6.45, 7) is 9.19. The van der Waals surface area contributed by atoms with Gasteiger partial charge in [-0.15, -0.1) is 0 Å². The minimum absolute atomic E-state index is 0.198. The highest BCUT2D eigenvalue weighted by Gasteiger charge is 2.19. The summed E-state index contributed by atoms with van der Waals surface area (Å²) < 4.78 is 15.4. The van der Waals surface area contributed by atoms with Crippen LogP contribution in [0.15, 0.2) is 0 Å². The van der Waals surface area contributed by atoms with Crippen molar-refractivity contribution < 1.29 is 19.0 Å². The van der Waals surface area contributed by atoms with Crippen molar-refractivity contribution in [2.45, 2.75) is 45.9 Å². The number of carbonyl (C=O) groups is 1. The van der Waals surface area contributed by atoms with Crippen LogP contribution in [0, 0.1) is 0 Å². The quantitative estimate of drug-likeness (QED) is 0.486. The molecule has 0 aromatic carbocycles. The van der Waals surface area contributed by atoms with Crippen molar-refractivity contribution in [3.05, 3.63) is 0 Å². The average Bonchev–Trinajstić information content (AvgIpc) is 2.25. The van der Waals surface area contributed by atoms with Gasteiger partial charge >= 0.3 is 5.97 Å². The molecule has 0 amide bonds. The molecule has 0 bridgehead atoms. The zero-order valence-electron chi connectivity index (χ0n) is 11.5. The van der Waals surface area contributed by atoms with E-state index >= 15 is 0 Å². The van der Waals surface area contributed by atoms with E-state index in [2.05, 4.69) is 5.32 Å². The lowest BCUT2D eigenvalue weighted by Crippen LogP contribution is -2.45. The monoisotopic (exact) mass is 247 g/mol. The highest BCUT2D eigenvalue weighted by molar-refractivity contribution is 5.75. The van der Waals surface area contributed by atoms with Crippen LogP contribution >= 0.6 is 0 Å². The number of hydrogen-bond acceptors (Lipinski definition) is 5. The molecule has 0 aliphatic heterocycles. The van der Waals surface area contributed by atoms with Gasteiger partial charge in [0.15, 0.2) is 0 Å². The van der Waals surface area contributed by atoms with Crippen molar-refractivity contribution in [3.8, 4) is 0 Å². The Balaban J connectivity index is 3.80. The molecule has 0 aliphatic carbocycles. The van der Waals surface area contributed by atoms with Gasteiger partial charge in [0.05, 0.1) is 33.0 Å². The third-order valence-electron chi connectivity index (χ3n) is 1.98. The van der Waals surface area contributed by atoms with Gasteiger partial charge in [0, 0.05) is 6.04 Å². The summed E-state index contributed by atoms with van der Waals surface area (Å²) in [6.07, 6.45) is 0.198. The van der Waals surface area contributed by atoms with E-state index in [-0.39, 0.29) is 18.1 Å². The van der Waals surface area contributed by atoms with Crippen molar-refractivity contribution in [1.29, 1.82) is 0 Å². The Morgan fingerprint density at radius 2 is 1.82 bits per heavy atom. The Kier molecular flexibility index (Phi) is 9.03. The topological polar surface area (TPSA) is 56.8 Å². The first-order valence-electron chi connectivity index (χ1n) is 6.00. The van der Waals surface area contributed by atoms with Gasteiger partial charge in [-0.1, -0.05) is 13.8 Å². The molecule has 102 valence electrons. The van der Waals surface area contributed by atoms with Gasteiger partial charge in [-0.25, -0.2) is 0 Å². The van der Waals surface area contributed by atoms with E-state index in [0.29, 0.717) is 19.8 Å². The molecule has 0 rings (SSSR count). The number of carbonyl (C=O) groups excluding carboxylic acids is 1. The molecule has 0 saturated heterocycles. The maximum atomic E-state index is 11.4. The van der Waals surface area contributed by atoms with Crippen LogP contribution in [0.25, 0.3) is 0 Å². The van der Waals surface area contributed by atoms with E-state index in [1.165, 1.54) is 7.11 Å². The van der Waals surface area contributed by atoms with E-state index in [0.717, 1.165) is 0 Å². The average molecular weight is 247 g/mol. The summed E-state index contributed by atoms with van der Waals surface area (Å²) in [7, 11) is 1.37. The highest BCUT2D eigenvalue weighted by atomic mass is 16.5. The largest absolute Gasteiger partial charge is 0.468 e. The van der Waals surface area contributed by atoms with Crippen molar-refractivity contribution in [3.63, 3.8) is 0 Å². The molecule has 0 aliphatic rings. The lowest BCUT2D eigenvalue weighted by atomic mass is 10.2. The smallest absolute Gasteiger partial charge is 0.325 e. The van der Waals surface area contributed by atoms with Crippen LogP contribution in [-0.4, -0.2) is 51.1 Å². The van der Waals surface area contributed by atoms with Crippen LogP contribution in [0.4, 0.5) is 0 Å². The van der Waals surface area contributed by atoms with Gasteiger partial charge in [0.25, 0.3) is 0 Å². The minimum atomic E-state index is -0.418. The molecule has 0 aromatic heterocycles. The van der Waals surface area contributed by atoms with Gasteiger partial charge < -0.3 is 19.5 Å². The zero-order chi connectivity index (χ0) is 13.3. The van der Waals surface area contributed by atoms with Gasteiger partial charge in [-0.2, -0.15) is 0 Å². The van der Waals surface area contributed by atoms with Crippen molar-refractivity contribution >= 4 is 5.97 Å². The fourth-order valence-corrected chi connectivity index (χ4v) is 1.27. The summed E-state index contributed by atoms with van der Waals surface area (Å²) in [5.41, 5.74) is 0. The first-order valence-corrected chi connectivity index (χ1v) is 6.00. The van der Waals surface area contributed by atoms with Crippen LogP contribution in [-0.2, 0) is 19.0 Å². The summed E-state index contributed by atoms with van der Waals surface area (Å²) in [5, 5.41) is 3.09. The second-order valence-corrected chi connectivity index (χ2v) is 4.39. The van der Waals surface area contributed by atoms with Gasteiger partial charge in [0.2, 0.25) is 0 Å². The first kappa shape index (κ1) is 16.4. The highest BCUT2D eigenvalue weighted by Crippen LogP contribution is 1.94. The fourth-order valence-electron chi connectivity index (χ4n) is 1.27. The van der Waals surface area contributed by atoms with Crippen LogP contribution < -0.4 is 5.32 Å². The van der Waals surface area contributed by atoms with Crippen LogP contribution in [0.1, 0.15) is 27.7 Å². The molecule has 0 radical (unpaired) electrons. The maximum Gasteiger partial charge on any atom is 0.325 e. The molecule has 5 heteroatoms. The molecule has 5 nitrogen and oxygen atoms in total. The van der Waals surface area contributed by atoms with E-state index in [1.54, 1.807) is 0 Å². The lowest BCUT2D eigenvalue weighted by Gasteiger charge is -2.19. The third-order valence-corrected chi connectivity index (χ3v) is 1.98. The Morgan fingerprint density at radius 1 is 1.18 bits per heavy atom. The number of hydrogen-bond donors (Lipinski definition) is 1. The molecule has 0 heterocycles. The molecule has 0 saturated carbocycles. The van der Waals surface area contributed by atoms with E-state index in [4.69, 9.17) is 14.2 Å². The minimum Gasteiger partial charge on any atom is -0.468 e. The summed E-state index contributed by atoms with van der Waals surface area (Å²) in [4.78, 5) is 11.4. The molecule has 1 atom stereocenters. The normalized spacial score (nSPS) is 13.1. The Bertz CT molecular complexity index is 207. The molecule has 1 N–H and O–H groups in total. The van der Waals surface area contributed by atoms with Crippen molar-refractivity contribution in [2.24, 2.45) is 0 Å². The van der Waals surface area contributed by atoms with Gasteiger partial charge in [-0.05, 0) is 13.8 Å². The fraction of sp³-hybridized carbons (Fsp3) is 0.917. The predicted molar refractivity (Wildman–Crippen MR) is 66.0 cm³/mol. The Morgan fingerprint density at radius 3 is 2.29 bits per heavy atom. The Hall–Kier alpha value is -0.650. The maximum absolute atomic E-state index is 11.4. The van der Waals surface area contributed by atoms with Crippen LogP contribution in [0.2, 0.25) is 0 Å². The molecule has 17 heavy (non-hydrogen) atoms. The predicted octanol–water partition coefficient (Wildman–Crippen LogP) is 0.968. The Labute approximate surface area is 104 Å². The first-order chi connectivity index (χ1) is 7.97. The zero-order valence-corrected chi connectivity index (χ0v) is 11.5.